The molecule has 2 rings (SSSR count). The molecule has 2 N–H and O–H groups in total. The van der Waals surface area contributed by atoms with E-state index >= 15 is 0 Å². The third-order valence-corrected chi connectivity index (χ3v) is 4.51. The highest BCUT2D eigenvalue weighted by Gasteiger charge is 2.21. The van der Waals surface area contributed by atoms with Gasteiger partial charge in [-0.25, -0.2) is 0 Å². The average Bonchev–Trinajstić information content (AvgIpc) is 2.56. The van der Waals surface area contributed by atoms with Crippen molar-refractivity contribution in [2.24, 2.45) is 5.92 Å². The first kappa shape index (κ1) is 22.2. The van der Waals surface area contributed by atoms with Gasteiger partial charge in [0, 0.05) is 6.92 Å². The Bertz CT molecular complexity index is 544. The molecule has 1 aliphatic rings. The maximum Gasteiger partial charge on any atom is 0.311 e. The van der Waals surface area contributed by atoms with Crippen LogP contribution in [0.2, 0.25) is 0 Å². The zero-order valence-corrected chi connectivity index (χ0v) is 16.3. The molecular weight excluding hydrogens is 330 g/mol. The molecule has 1 unspecified atom stereocenters. The van der Waals surface area contributed by atoms with Crippen LogP contribution in [0.4, 0.5) is 0 Å². The molecule has 1 aromatic rings. The van der Waals surface area contributed by atoms with Crippen molar-refractivity contribution in [2.75, 3.05) is 19.6 Å². The number of hydrogen-bond acceptors (Lipinski definition) is 3. The lowest BCUT2D eigenvalue weighted by molar-refractivity contribution is -0.139. The fourth-order valence-corrected chi connectivity index (χ4v) is 3.28. The molecule has 1 fully saturated rings. The molecule has 0 radical (unpaired) electrons. The number of likely N-dealkylation sites (tertiary alicyclic amines) is 1. The molecule has 1 saturated heterocycles. The molecular formula is C21H33NO4. The number of aliphatic carboxylic acids is 2. The monoisotopic (exact) mass is 363 g/mol. The Morgan fingerprint density at radius 1 is 1.04 bits per heavy atom. The lowest BCUT2D eigenvalue weighted by Gasteiger charge is -2.27. The molecule has 146 valence electrons. The predicted molar refractivity (Wildman–Crippen MR) is 104 cm³/mol. The van der Waals surface area contributed by atoms with Crippen LogP contribution in [0.1, 0.15) is 63.5 Å². The van der Waals surface area contributed by atoms with E-state index in [4.69, 9.17) is 9.90 Å². The van der Waals surface area contributed by atoms with Gasteiger partial charge in [-0.3, -0.25) is 9.59 Å². The third kappa shape index (κ3) is 8.99. The zero-order valence-electron chi connectivity index (χ0n) is 16.3. The van der Waals surface area contributed by atoms with Gasteiger partial charge in [0.05, 0.1) is 5.92 Å². The van der Waals surface area contributed by atoms with Crippen LogP contribution in [0.5, 0.6) is 0 Å². The summed E-state index contributed by atoms with van der Waals surface area (Å²) in [5.74, 6) is -1.29. The largest absolute Gasteiger partial charge is 0.481 e. The minimum absolute atomic E-state index is 0.380. The van der Waals surface area contributed by atoms with Crippen molar-refractivity contribution in [2.45, 2.75) is 58.8 Å². The van der Waals surface area contributed by atoms with Gasteiger partial charge in [-0.15, -0.1) is 0 Å². The number of carbonyl (C=O) groups is 2. The molecule has 0 amide bonds. The smallest absolute Gasteiger partial charge is 0.311 e. The van der Waals surface area contributed by atoms with E-state index in [1.807, 2.05) is 12.1 Å². The fraction of sp³-hybridized carbons (Fsp3) is 0.619. The van der Waals surface area contributed by atoms with Gasteiger partial charge in [0.25, 0.3) is 5.97 Å². The van der Waals surface area contributed by atoms with Crippen molar-refractivity contribution in [3.63, 3.8) is 0 Å². The Morgan fingerprint density at radius 3 is 2.04 bits per heavy atom. The van der Waals surface area contributed by atoms with E-state index in [2.05, 4.69) is 30.9 Å². The van der Waals surface area contributed by atoms with Crippen LogP contribution >= 0.6 is 0 Å². The van der Waals surface area contributed by atoms with Crippen molar-refractivity contribution in [1.82, 2.24) is 4.90 Å². The molecule has 5 nitrogen and oxygen atoms in total. The number of carboxylic acids is 2. The molecule has 0 aromatic heterocycles. The van der Waals surface area contributed by atoms with Crippen molar-refractivity contribution >= 4 is 11.9 Å². The van der Waals surface area contributed by atoms with Crippen molar-refractivity contribution in [1.29, 1.82) is 0 Å². The summed E-state index contributed by atoms with van der Waals surface area (Å²) < 4.78 is 0. The lowest BCUT2D eigenvalue weighted by Crippen LogP contribution is -2.32. The zero-order chi connectivity index (χ0) is 19.5. The second-order valence-corrected chi connectivity index (χ2v) is 7.44. The first-order valence-electron chi connectivity index (χ1n) is 9.53. The summed E-state index contributed by atoms with van der Waals surface area (Å²) in [5, 5.41) is 17.0. The molecule has 0 saturated carbocycles. The third-order valence-electron chi connectivity index (χ3n) is 4.51. The van der Waals surface area contributed by atoms with E-state index in [1.165, 1.54) is 24.8 Å². The molecule has 26 heavy (non-hydrogen) atoms. The Morgan fingerprint density at radius 2 is 1.58 bits per heavy atom. The highest BCUT2D eigenvalue weighted by Crippen LogP contribution is 2.23. The van der Waals surface area contributed by atoms with Gasteiger partial charge < -0.3 is 15.1 Å². The quantitative estimate of drug-likeness (QED) is 0.765. The first-order valence-corrected chi connectivity index (χ1v) is 9.53. The summed E-state index contributed by atoms with van der Waals surface area (Å²) in [6.45, 7) is 8.63. The maximum absolute atomic E-state index is 11.6. The van der Waals surface area contributed by atoms with E-state index < -0.39 is 11.9 Å². The van der Waals surface area contributed by atoms with Crippen LogP contribution in [-0.2, 0) is 16.0 Å². The number of carboxylic acid groups (broad SMARTS) is 2. The van der Waals surface area contributed by atoms with Crippen LogP contribution in [0.25, 0.3) is 0 Å². The second-order valence-electron chi connectivity index (χ2n) is 7.44. The van der Waals surface area contributed by atoms with E-state index in [9.17, 15) is 9.90 Å². The topological polar surface area (TPSA) is 77.8 Å². The van der Waals surface area contributed by atoms with Crippen LogP contribution < -0.4 is 0 Å². The number of hydrogen-bond donors (Lipinski definition) is 2. The molecule has 1 heterocycles. The summed E-state index contributed by atoms with van der Waals surface area (Å²) in [5.41, 5.74) is 2.23. The van der Waals surface area contributed by atoms with Gasteiger partial charge in [-0.05, 0) is 62.4 Å². The minimum atomic E-state index is -0.833. The molecule has 0 spiro atoms. The summed E-state index contributed by atoms with van der Waals surface area (Å²) in [6, 6.07) is 8.19. The fourth-order valence-electron chi connectivity index (χ4n) is 3.28. The number of rotatable bonds is 7. The van der Waals surface area contributed by atoms with Crippen molar-refractivity contribution < 1.29 is 19.8 Å². The van der Waals surface area contributed by atoms with Gasteiger partial charge in [0.15, 0.2) is 0 Å². The van der Waals surface area contributed by atoms with Crippen LogP contribution in [0.15, 0.2) is 24.3 Å². The molecule has 5 heteroatoms. The van der Waals surface area contributed by atoms with E-state index in [-0.39, 0.29) is 5.92 Å². The van der Waals surface area contributed by atoms with Crippen molar-refractivity contribution in [3.05, 3.63) is 35.4 Å². The maximum atomic E-state index is 11.6. The second kappa shape index (κ2) is 11.7. The van der Waals surface area contributed by atoms with Gasteiger partial charge in [-0.2, -0.15) is 0 Å². The Kier molecular flexibility index (Phi) is 9.96. The number of piperidine rings is 1. The normalized spacial score (nSPS) is 15.8. The molecule has 0 aliphatic carbocycles. The number of nitrogens with zero attached hydrogens (tertiary/aromatic N) is 1. The van der Waals surface area contributed by atoms with Crippen molar-refractivity contribution in [3.8, 4) is 0 Å². The minimum Gasteiger partial charge on any atom is -0.481 e. The van der Waals surface area contributed by atoms with Crippen LogP contribution in [-0.4, -0.2) is 46.7 Å². The Hall–Kier alpha value is -1.88. The summed E-state index contributed by atoms with van der Waals surface area (Å²) in [7, 11) is 0. The van der Waals surface area contributed by atoms with Gasteiger partial charge in [0.1, 0.15) is 0 Å². The summed E-state index contributed by atoms with van der Waals surface area (Å²) >= 11 is 0. The Labute approximate surface area is 157 Å². The first-order chi connectivity index (χ1) is 12.3. The van der Waals surface area contributed by atoms with E-state index in [1.54, 1.807) is 0 Å². The molecule has 0 bridgehead atoms. The highest BCUT2D eigenvalue weighted by molar-refractivity contribution is 5.76. The molecule has 1 aliphatic heterocycles. The SMILES string of the molecule is CC(=O)O.CC(C)Cc1ccc(C(CCN2CCCCC2)C(=O)O)cc1. The number of benzene rings is 1. The van der Waals surface area contributed by atoms with Gasteiger partial charge in [-0.1, -0.05) is 44.5 Å². The van der Waals surface area contributed by atoms with Crippen LogP contribution in [0.3, 0.4) is 0 Å². The highest BCUT2D eigenvalue weighted by atomic mass is 16.4. The Balaban J connectivity index is 0.000000765. The summed E-state index contributed by atoms with van der Waals surface area (Å²) in [6.07, 6.45) is 5.57. The van der Waals surface area contributed by atoms with Gasteiger partial charge >= 0.3 is 5.97 Å². The summed E-state index contributed by atoms with van der Waals surface area (Å²) in [4.78, 5) is 23.0. The van der Waals surface area contributed by atoms with Crippen LogP contribution in [0, 0.1) is 5.92 Å². The van der Waals surface area contributed by atoms with E-state index in [0.29, 0.717) is 12.3 Å². The predicted octanol–water partition coefficient (Wildman–Crippen LogP) is 4.02. The standard InChI is InChI=1S/C19H29NO2.C2H4O2/c1-15(2)14-16-6-8-17(9-7-16)18(19(21)22)10-13-20-11-4-3-5-12-20;1-2(3)4/h6-9,15,18H,3-5,10-14H2,1-2H3,(H,21,22);1H3,(H,3,4). The van der Waals surface area contributed by atoms with E-state index in [0.717, 1.165) is 38.5 Å². The average molecular weight is 363 g/mol. The molecule has 1 aromatic carbocycles. The lowest BCUT2D eigenvalue weighted by atomic mass is 9.93. The molecule has 1 atom stereocenters. The van der Waals surface area contributed by atoms with Gasteiger partial charge in [0.2, 0.25) is 0 Å².